The predicted octanol–water partition coefficient (Wildman–Crippen LogP) is 3.81. The van der Waals surface area contributed by atoms with E-state index in [9.17, 15) is 5.11 Å². The first kappa shape index (κ1) is 14.5. The monoisotopic (exact) mass is 295 g/mol. The van der Waals surface area contributed by atoms with Gasteiger partial charge < -0.3 is 5.11 Å². The average molecular weight is 296 g/mol. The topological polar surface area (TPSA) is 33.1 Å². The lowest BCUT2D eigenvalue weighted by Crippen LogP contribution is -2.13. The first-order valence-corrected chi connectivity index (χ1v) is 7.56. The Morgan fingerprint density at radius 3 is 2.58 bits per heavy atom. The fraction of sp³-hybridized carbons (Fsp3) is 0.400. The Morgan fingerprint density at radius 2 is 2.00 bits per heavy atom. The minimum absolute atomic E-state index is 0.156. The van der Waals surface area contributed by atoms with Crippen molar-refractivity contribution in [2.75, 3.05) is 6.61 Å². The van der Waals surface area contributed by atoms with Gasteiger partial charge in [-0.1, -0.05) is 29.8 Å². The van der Waals surface area contributed by atoms with Crippen LogP contribution in [0, 0.1) is 19.8 Å². The number of aryl methyl sites for hydroxylation is 2. The van der Waals surface area contributed by atoms with Crippen LogP contribution in [0.15, 0.2) is 24.3 Å². The molecule has 1 aromatic carbocycles. The Hall–Kier alpha value is -0.900. The van der Waals surface area contributed by atoms with Crippen LogP contribution < -0.4 is 0 Å². The van der Waals surface area contributed by atoms with Crippen molar-refractivity contribution < 1.29 is 5.11 Å². The first-order valence-electron chi connectivity index (χ1n) is 6.37. The lowest BCUT2D eigenvalue weighted by atomic mass is 9.97. The highest BCUT2D eigenvalue weighted by atomic mass is 35.5. The Kier molecular flexibility index (Phi) is 4.97. The second kappa shape index (κ2) is 6.51. The van der Waals surface area contributed by atoms with E-state index in [-0.39, 0.29) is 12.5 Å². The summed E-state index contributed by atoms with van der Waals surface area (Å²) in [5.41, 5.74) is 2.18. The molecule has 0 bridgehead atoms. The molecule has 2 rings (SSSR count). The lowest BCUT2D eigenvalue weighted by molar-refractivity contribution is 0.225. The highest BCUT2D eigenvalue weighted by molar-refractivity contribution is 7.11. The number of hydrogen-bond donors (Lipinski definition) is 1. The van der Waals surface area contributed by atoms with Gasteiger partial charge >= 0.3 is 0 Å². The van der Waals surface area contributed by atoms with E-state index in [2.05, 4.69) is 11.9 Å². The van der Waals surface area contributed by atoms with Gasteiger partial charge in [0.25, 0.3) is 0 Å². The van der Waals surface area contributed by atoms with E-state index in [0.29, 0.717) is 0 Å². The smallest absolute Gasteiger partial charge is 0.0934 e. The molecule has 4 heteroatoms. The molecule has 2 nitrogen and oxygen atoms in total. The number of benzene rings is 1. The molecule has 0 amide bonds. The summed E-state index contributed by atoms with van der Waals surface area (Å²) in [6.45, 7) is 4.26. The van der Waals surface area contributed by atoms with Gasteiger partial charge in [0, 0.05) is 22.9 Å². The minimum Gasteiger partial charge on any atom is -0.396 e. The third-order valence-corrected chi connectivity index (χ3v) is 4.72. The van der Waals surface area contributed by atoms with Crippen molar-refractivity contribution in [3.63, 3.8) is 0 Å². The van der Waals surface area contributed by atoms with Crippen molar-refractivity contribution in [2.24, 2.45) is 5.92 Å². The van der Waals surface area contributed by atoms with Gasteiger partial charge in [0.05, 0.1) is 10.7 Å². The molecule has 0 fully saturated rings. The normalized spacial score (nSPS) is 12.6. The first-order chi connectivity index (χ1) is 9.10. The van der Waals surface area contributed by atoms with Crippen LogP contribution in [0.2, 0.25) is 5.02 Å². The highest BCUT2D eigenvalue weighted by Gasteiger charge is 2.14. The van der Waals surface area contributed by atoms with Crippen LogP contribution in [0.3, 0.4) is 0 Å². The molecule has 1 N–H and O–H groups in total. The summed E-state index contributed by atoms with van der Waals surface area (Å²) >= 11 is 7.88. The standard InChI is InChI=1S/C15H18ClNOS/c1-10-11(2)19-15(17-10)8-12(9-18)7-13-5-3-4-6-14(13)16/h3-6,12,18H,7-9H2,1-2H3. The van der Waals surface area contributed by atoms with Crippen molar-refractivity contribution >= 4 is 22.9 Å². The summed E-state index contributed by atoms with van der Waals surface area (Å²) < 4.78 is 0. The maximum Gasteiger partial charge on any atom is 0.0934 e. The van der Waals surface area contributed by atoms with Crippen LogP contribution in [0.1, 0.15) is 21.1 Å². The number of rotatable bonds is 5. The summed E-state index contributed by atoms with van der Waals surface area (Å²) in [4.78, 5) is 5.79. The van der Waals surface area contributed by atoms with Crippen molar-refractivity contribution in [3.8, 4) is 0 Å². The summed E-state index contributed by atoms with van der Waals surface area (Å²) in [7, 11) is 0. The molecule has 0 aliphatic rings. The lowest BCUT2D eigenvalue weighted by Gasteiger charge is -2.13. The van der Waals surface area contributed by atoms with Crippen LogP contribution in [-0.4, -0.2) is 16.7 Å². The number of hydrogen-bond acceptors (Lipinski definition) is 3. The number of aliphatic hydroxyl groups excluding tert-OH is 1. The van der Waals surface area contributed by atoms with E-state index < -0.39 is 0 Å². The maximum absolute atomic E-state index is 9.55. The summed E-state index contributed by atoms with van der Waals surface area (Å²) in [6, 6.07) is 7.81. The summed E-state index contributed by atoms with van der Waals surface area (Å²) in [5.74, 6) is 0.171. The molecule has 1 aromatic heterocycles. The Balaban J connectivity index is 2.07. The zero-order chi connectivity index (χ0) is 13.8. The average Bonchev–Trinajstić information content (AvgIpc) is 2.70. The molecule has 1 heterocycles. The summed E-state index contributed by atoms with van der Waals surface area (Å²) in [5, 5.41) is 11.4. The quantitative estimate of drug-likeness (QED) is 0.910. The minimum atomic E-state index is 0.156. The van der Waals surface area contributed by atoms with Gasteiger partial charge in [-0.05, 0) is 37.8 Å². The third-order valence-electron chi connectivity index (χ3n) is 3.26. The third kappa shape index (κ3) is 3.78. The molecule has 0 saturated heterocycles. The zero-order valence-corrected chi connectivity index (χ0v) is 12.8. The molecule has 1 unspecified atom stereocenters. The van der Waals surface area contributed by atoms with Gasteiger partial charge in [0.2, 0.25) is 0 Å². The Labute approximate surface area is 123 Å². The molecule has 0 radical (unpaired) electrons. The van der Waals surface area contributed by atoms with Crippen molar-refractivity contribution in [1.82, 2.24) is 4.98 Å². The van der Waals surface area contributed by atoms with E-state index >= 15 is 0 Å². The fourth-order valence-electron chi connectivity index (χ4n) is 2.05. The van der Waals surface area contributed by atoms with E-state index in [1.807, 2.05) is 31.2 Å². The molecule has 0 aliphatic heterocycles. The van der Waals surface area contributed by atoms with Crippen molar-refractivity contribution in [3.05, 3.63) is 50.4 Å². The van der Waals surface area contributed by atoms with Gasteiger partial charge in [0.1, 0.15) is 0 Å². The zero-order valence-electron chi connectivity index (χ0n) is 11.2. The van der Waals surface area contributed by atoms with E-state index in [4.69, 9.17) is 11.6 Å². The van der Waals surface area contributed by atoms with E-state index in [1.54, 1.807) is 11.3 Å². The van der Waals surface area contributed by atoms with Crippen LogP contribution in [0.4, 0.5) is 0 Å². The molecule has 2 aromatic rings. The number of halogens is 1. The van der Waals surface area contributed by atoms with Gasteiger partial charge in [-0.2, -0.15) is 0 Å². The molecular weight excluding hydrogens is 278 g/mol. The second-order valence-electron chi connectivity index (χ2n) is 4.80. The van der Waals surface area contributed by atoms with E-state index in [0.717, 1.165) is 34.1 Å². The SMILES string of the molecule is Cc1nc(CC(CO)Cc2ccccc2Cl)sc1C. The van der Waals surface area contributed by atoms with Crippen LogP contribution in [0.25, 0.3) is 0 Å². The Bertz CT molecular complexity index is 533. The number of thiazole rings is 1. The Morgan fingerprint density at radius 1 is 1.26 bits per heavy atom. The maximum atomic E-state index is 9.55. The van der Waals surface area contributed by atoms with Gasteiger partial charge in [-0.15, -0.1) is 11.3 Å². The summed E-state index contributed by atoms with van der Waals surface area (Å²) in [6.07, 6.45) is 1.59. The molecule has 102 valence electrons. The van der Waals surface area contributed by atoms with Crippen molar-refractivity contribution in [1.29, 1.82) is 0 Å². The van der Waals surface area contributed by atoms with Crippen LogP contribution in [0.5, 0.6) is 0 Å². The second-order valence-corrected chi connectivity index (χ2v) is 6.49. The molecule has 0 spiro atoms. The molecule has 0 saturated carbocycles. The number of aromatic nitrogens is 1. The van der Waals surface area contributed by atoms with Crippen LogP contribution in [-0.2, 0) is 12.8 Å². The molecule has 0 aliphatic carbocycles. The highest BCUT2D eigenvalue weighted by Crippen LogP contribution is 2.24. The van der Waals surface area contributed by atoms with Gasteiger partial charge in [-0.3, -0.25) is 0 Å². The van der Waals surface area contributed by atoms with Gasteiger partial charge in [-0.25, -0.2) is 4.98 Å². The fourth-order valence-corrected chi connectivity index (χ4v) is 3.31. The molecular formula is C15H18ClNOS. The van der Waals surface area contributed by atoms with Crippen LogP contribution >= 0.6 is 22.9 Å². The number of aliphatic hydroxyl groups is 1. The van der Waals surface area contributed by atoms with Crippen molar-refractivity contribution in [2.45, 2.75) is 26.7 Å². The predicted molar refractivity (Wildman–Crippen MR) is 81.0 cm³/mol. The molecule has 1 atom stereocenters. The van der Waals surface area contributed by atoms with Gasteiger partial charge in [0.15, 0.2) is 0 Å². The number of nitrogens with zero attached hydrogens (tertiary/aromatic N) is 1. The largest absolute Gasteiger partial charge is 0.396 e. The van der Waals surface area contributed by atoms with E-state index in [1.165, 1.54) is 4.88 Å². The molecule has 19 heavy (non-hydrogen) atoms.